The van der Waals surface area contributed by atoms with Crippen molar-refractivity contribution in [1.82, 2.24) is 0 Å². The third-order valence-corrected chi connectivity index (χ3v) is 5.10. The molecular weight excluding hydrogens is 346 g/mol. The molecule has 0 aromatic carbocycles. The van der Waals surface area contributed by atoms with Gasteiger partial charge in [0, 0.05) is 38.5 Å². The van der Waals surface area contributed by atoms with Crippen LogP contribution >= 0.6 is 0 Å². The van der Waals surface area contributed by atoms with Gasteiger partial charge < -0.3 is 34.5 Å². The number of quaternary nitrogens is 2. The Morgan fingerprint density at radius 3 is 0.625 bits per heavy atom. The summed E-state index contributed by atoms with van der Waals surface area (Å²) in [6.07, 6.45) is 9.00. The molecule has 3 aliphatic rings. The standard InChI is InChI=1S/C12H24N2.2BF4/c1-2-8-14-11-5-3-9-13(14,7-1)10-4-6-12-14;2*2-1(3,4)5/h1-12H2;;/q+2;2*-1. The van der Waals surface area contributed by atoms with Crippen molar-refractivity contribution in [3.63, 3.8) is 0 Å². The smallest absolute Gasteiger partial charge is 0.418 e. The van der Waals surface area contributed by atoms with Crippen LogP contribution in [0.2, 0.25) is 0 Å². The Balaban J connectivity index is 0.000000243. The van der Waals surface area contributed by atoms with E-state index in [2.05, 4.69) is 0 Å². The quantitative estimate of drug-likeness (QED) is 0.334. The van der Waals surface area contributed by atoms with Crippen LogP contribution in [0.1, 0.15) is 38.5 Å². The minimum atomic E-state index is -6.00. The predicted molar refractivity (Wildman–Crippen MR) is 77.8 cm³/mol. The van der Waals surface area contributed by atoms with Crippen molar-refractivity contribution in [3.8, 4) is 0 Å². The van der Waals surface area contributed by atoms with Gasteiger partial charge in [0.05, 0.1) is 0 Å². The van der Waals surface area contributed by atoms with Gasteiger partial charge in [-0.25, -0.2) is 0 Å². The van der Waals surface area contributed by atoms with Crippen molar-refractivity contribution in [2.45, 2.75) is 38.5 Å². The summed E-state index contributed by atoms with van der Waals surface area (Å²) in [5.41, 5.74) is 0. The first kappa shape index (κ1) is 21.5. The number of halogens is 8. The fourth-order valence-electron chi connectivity index (χ4n) is 4.38. The highest BCUT2D eigenvalue weighted by molar-refractivity contribution is 6.50. The first-order valence-corrected chi connectivity index (χ1v) is 8.34. The number of hydrogen-bond donors (Lipinski definition) is 0. The fourth-order valence-corrected chi connectivity index (χ4v) is 4.38. The average Bonchev–Trinajstić information content (AvgIpc) is 2.42. The molecule has 2 nitrogen and oxygen atoms in total. The zero-order chi connectivity index (χ0) is 18.5. The molecule has 3 heterocycles. The molecule has 0 N–H and O–H groups in total. The zero-order valence-corrected chi connectivity index (χ0v) is 13.6. The molecule has 0 atom stereocenters. The second-order valence-electron chi connectivity index (χ2n) is 6.64. The maximum atomic E-state index is 9.75. The molecule has 0 saturated carbocycles. The van der Waals surface area contributed by atoms with Gasteiger partial charge in [-0.2, -0.15) is 9.18 Å². The molecule has 0 aromatic rings. The minimum absolute atomic E-state index is 1.50. The molecule has 3 aliphatic heterocycles. The lowest BCUT2D eigenvalue weighted by molar-refractivity contribution is -1.50. The van der Waals surface area contributed by atoms with E-state index < -0.39 is 14.5 Å². The minimum Gasteiger partial charge on any atom is -0.418 e. The average molecular weight is 370 g/mol. The third-order valence-electron chi connectivity index (χ3n) is 5.10. The van der Waals surface area contributed by atoms with Crippen LogP contribution in [0.25, 0.3) is 0 Å². The second kappa shape index (κ2) is 8.25. The summed E-state index contributed by atoms with van der Waals surface area (Å²) in [7, 11) is -12.0. The Bertz CT molecular complexity index is 306. The van der Waals surface area contributed by atoms with Gasteiger partial charge >= 0.3 is 14.5 Å². The molecule has 3 fully saturated rings. The maximum Gasteiger partial charge on any atom is 0.673 e. The van der Waals surface area contributed by atoms with Gasteiger partial charge in [-0.15, -0.1) is 0 Å². The van der Waals surface area contributed by atoms with Crippen LogP contribution in [0.15, 0.2) is 0 Å². The van der Waals surface area contributed by atoms with E-state index in [1.165, 1.54) is 87.0 Å². The third kappa shape index (κ3) is 7.16. The highest BCUT2D eigenvalue weighted by Gasteiger charge is 2.54. The topological polar surface area (TPSA) is 0 Å². The van der Waals surface area contributed by atoms with E-state index in [1.807, 2.05) is 0 Å². The van der Waals surface area contributed by atoms with E-state index in [-0.39, 0.29) is 0 Å². The molecule has 144 valence electrons. The highest BCUT2D eigenvalue weighted by atomic mass is 19.5. The molecule has 0 bridgehead atoms. The number of rotatable bonds is 0. The fraction of sp³-hybridized carbons (Fsp3) is 1.00. The normalized spacial score (nSPS) is 33.0. The largest absolute Gasteiger partial charge is 0.673 e. The van der Waals surface area contributed by atoms with E-state index in [1.54, 1.807) is 0 Å². The zero-order valence-electron chi connectivity index (χ0n) is 13.6. The van der Waals surface area contributed by atoms with Crippen molar-refractivity contribution in [2.24, 2.45) is 0 Å². The Labute approximate surface area is 137 Å². The molecule has 3 rings (SSSR count). The molecular formula is C12H24B2F8N2. The lowest BCUT2D eigenvalue weighted by Gasteiger charge is -2.60. The molecule has 24 heavy (non-hydrogen) atoms. The summed E-state index contributed by atoms with van der Waals surface area (Å²) in [6.45, 7) is 9.00. The lowest BCUT2D eigenvalue weighted by Crippen LogP contribution is -2.79. The first-order chi connectivity index (χ1) is 10.9. The van der Waals surface area contributed by atoms with E-state index in [0.717, 1.165) is 0 Å². The molecule has 0 aromatic heterocycles. The van der Waals surface area contributed by atoms with Crippen LogP contribution < -0.4 is 0 Å². The summed E-state index contributed by atoms with van der Waals surface area (Å²) in [5.74, 6) is 0. The number of nitrogens with zero attached hydrogens (tertiary/aromatic N) is 2. The van der Waals surface area contributed by atoms with E-state index >= 15 is 0 Å². The first-order valence-electron chi connectivity index (χ1n) is 8.34. The van der Waals surface area contributed by atoms with Gasteiger partial charge in [0.1, 0.15) is 39.3 Å². The molecule has 0 amide bonds. The van der Waals surface area contributed by atoms with Crippen molar-refractivity contribution < 1.29 is 43.7 Å². The van der Waals surface area contributed by atoms with Crippen molar-refractivity contribution in [3.05, 3.63) is 0 Å². The summed E-state index contributed by atoms with van der Waals surface area (Å²) >= 11 is 0. The van der Waals surface area contributed by atoms with Crippen LogP contribution in [-0.2, 0) is 0 Å². The van der Waals surface area contributed by atoms with Gasteiger partial charge in [-0.05, 0) is 0 Å². The van der Waals surface area contributed by atoms with Gasteiger partial charge in [-0.3, -0.25) is 0 Å². The van der Waals surface area contributed by atoms with Gasteiger partial charge in [0.2, 0.25) is 0 Å². The molecule has 0 radical (unpaired) electrons. The molecule has 0 unspecified atom stereocenters. The van der Waals surface area contributed by atoms with Crippen molar-refractivity contribution in [2.75, 3.05) is 39.3 Å². The van der Waals surface area contributed by atoms with Gasteiger partial charge in [0.25, 0.3) is 0 Å². The van der Waals surface area contributed by atoms with Crippen LogP contribution in [0.3, 0.4) is 0 Å². The molecule has 0 aliphatic carbocycles. The maximum absolute atomic E-state index is 9.75. The van der Waals surface area contributed by atoms with E-state index in [9.17, 15) is 34.5 Å². The Morgan fingerprint density at radius 2 is 0.500 bits per heavy atom. The Morgan fingerprint density at radius 1 is 0.375 bits per heavy atom. The predicted octanol–water partition coefficient (Wildman–Crippen LogP) is 4.52. The van der Waals surface area contributed by atoms with Crippen molar-refractivity contribution in [1.29, 1.82) is 0 Å². The van der Waals surface area contributed by atoms with Crippen LogP contribution in [0, 0.1) is 0 Å². The Hall–Kier alpha value is -0.510. The molecule has 3 saturated heterocycles. The van der Waals surface area contributed by atoms with Crippen LogP contribution in [-0.4, -0.2) is 63.0 Å². The second-order valence-corrected chi connectivity index (χ2v) is 6.64. The molecule has 12 heteroatoms. The summed E-state index contributed by atoms with van der Waals surface area (Å²) < 4.78 is 81.0. The summed E-state index contributed by atoms with van der Waals surface area (Å²) in [6, 6.07) is 0. The molecule has 0 spiro atoms. The van der Waals surface area contributed by atoms with Crippen LogP contribution in [0.4, 0.5) is 34.5 Å². The number of hydrogen-bond acceptors (Lipinski definition) is 0. The monoisotopic (exact) mass is 370 g/mol. The van der Waals surface area contributed by atoms with E-state index in [0.29, 0.717) is 0 Å². The Kier molecular flexibility index (Phi) is 7.40. The van der Waals surface area contributed by atoms with Gasteiger partial charge in [0.15, 0.2) is 0 Å². The highest BCUT2D eigenvalue weighted by Crippen LogP contribution is 2.38. The summed E-state index contributed by atoms with van der Waals surface area (Å²) in [5, 5.41) is 0. The van der Waals surface area contributed by atoms with Crippen LogP contribution in [0.5, 0.6) is 0 Å². The summed E-state index contributed by atoms with van der Waals surface area (Å²) in [4.78, 5) is 0. The lowest BCUT2D eigenvalue weighted by atomic mass is 10.0. The van der Waals surface area contributed by atoms with E-state index in [4.69, 9.17) is 0 Å². The van der Waals surface area contributed by atoms with Gasteiger partial charge in [-0.1, -0.05) is 0 Å². The van der Waals surface area contributed by atoms with Crippen molar-refractivity contribution >= 4 is 14.5 Å². The SMILES string of the molecule is C1CC[N+]23CCCC[N+]2(C1)CCCC3.F[B-](F)(F)F.F[B-](F)(F)F.